The average molecular weight is 239 g/mol. The molecule has 0 bridgehead atoms. The topological polar surface area (TPSA) is 29.3 Å². The van der Waals surface area contributed by atoms with E-state index in [0.717, 1.165) is 29.4 Å². The maximum absolute atomic E-state index is 6.32. The maximum atomic E-state index is 6.32. The highest BCUT2D eigenvalue weighted by Gasteiger charge is 2.19. The summed E-state index contributed by atoms with van der Waals surface area (Å²) in [6.45, 7) is 6.22. The zero-order valence-electron chi connectivity index (χ0n) is 9.96. The molecule has 1 saturated heterocycles. The third kappa shape index (κ3) is 2.33. The van der Waals surface area contributed by atoms with E-state index in [4.69, 9.17) is 17.3 Å². The Morgan fingerprint density at radius 2 is 1.88 bits per heavy atom. The van der Waals surface area contributed by atoms with Gasteiger partial charge in [0.2, 0.25) is 0 Å². The standard InChI is InChI=1S/C13H19ClN2/c1-13(2,15)10-5-6-12(11(14)9-10)16-7-3-4-8-16/h5-6,9H,3-4,7-8,15H2,1-2H3. The fourth-order valence-corrected chi connectivity index (χ4v) is 2.42. The van der Waals surface area contributed by atoms with Gasteiger partial charge in [0.25, 0.3) is 0 Å². The molecule has 1 fully saturated rings. The van der Waals surface area contributed by atoms with Crippen LogP contribution < -0.4 is 10.6 Å². The molecule has 3 heteroatoms. The third-order valence-corrected chi connectivity index (χ3v) is 3.44. The number of rotatable bonds is 2. The zero-order chi connectivity index (χ0) is 11.8. The van der Waals surface area contributed by atoms with Gasteiger partial charge >= 0.3 is 0 Å². The SMILES string of the molecule is CC(C)(N)c1ccc(N2CCCC2)c(Cl)c1. The predicted molar refractivity (Wildman–Crippen MR) is 70.1 cm³/mol. The van der Waals surface area contributed by atoms with Crippen molar-refractivity contribution in [3.63, 3.8) is 0 Å². The minimum absolute atomic E-state index is 0.326. The van der Waals surface area contributed by atoms with E-state index in [1.807, 2.05) is 19.9 Å². The van der Waals surface area contributed by atoms with Crippen molar-refractivity contribution in [3.05, 3.63) is 28.8 Å². The quantitative estimate of drug-likeness (QED) is 0.858. The fraction of sp³-hybridized carbons (Fsp3) is 0.538. The van der Waals surface area contributed by atoms with Crippen LogP contribution in [0.2, 0.25) is 5.02 Å². The lowest BCUT2D eigenvalue weighted by Gasteiger charge is -2.23. The third-order valence-electron chi connectivity index (χ3n) is 3.14. The molecule has 1 heterocycles. The van der Waals surface area contributed by atoms with Crippen molar-refractivity contribution in [2.24, 2.45) is 5.73 Å². The first-order valence-corrected chi connectivity index (χ1v) is 6.20. The van der Waals surface area contributed by atoms with E-state index in [1.54, 1.807) is 0 Å². The van der Waals surface area contributed by atoms with Gasteiger partial charge in [-0.25, -0.2) is 0 Å². The molecular formula is C13H19ClN2. The van der Waals surface area contributed by atoms with Gasteiger partial charge in [0.1, 0.15) is 0 Å². The first-order chi connectivity index (χ1) is 7.48. The Bertz CT molecular complexity index is 376. The Balaban J connectivity index is 2.29. The Kier molecular flexibility index (Phi) is 3.13. The lowest BCUT2D eigenvalue weighted by atomic mass is 9.95. The van der Waals surface area contributed by atoms with Gasteiger partial charge in [-0.05, 0) is 44.4 Å². The molecule has 0 atom stereocenters. The van der Waals surface area contributed by atoms with Crippen LogP contribution in [0, 0.1) is 0 Å². The van der Waals surface area contributed by atoms with Crippen LogP contribution >= 0.6 is 11.6 Å². The smallest absolute Gasteiger partial charge is 0.0643 e. The molecule has 0 saturated carbocycles. The molecule has 2 nitrogen and oxygen atoms in total. The lowest BCUT2D eigenvalue weighted by molar-refractivity contribution is 0.554. The molecule has 0 aromatic heterocycles. The van der Waals surface area contributed by atoms with Crippen LogP contribution in [0.4, 0.5) is 5.69 Å². The van der Waals surface area contributed by atoms with E-state index in [2.05, 4.69) is 17.0 Å². The molecule has 1 aliphatic heterocycles. The monoisotopic (exact) mass is 238 g/mol. The number of hydrogen-bond donors (Lipinski definition) is 1. The van der Waals surface area contributed by atoms with Gasteiger partial charge in [0.05, 0.1) is 10.7 Å². The summed E-state index contributed by atoms with van der Waals surface area (Å²) in [5.74, 6) is 0. The summed E-state index contributed by atoms with van der Waals surface area (Å²) < 4.78 is 0. The van der Waals surface area contributed by atoms with Crippen molar-refractivity contribution in [1.82, 2.24) is 0 Å². The first kappa shape index (κ1) is 11.7. The van der Waals surface area contributed by atoms with E-state index in [0.29, 0.717) is 0 Å². The number of nitrogens with two attached hydrogens (primary N) is 1. The summed E-state index contributed by atoms with van der Waals surface area (Å²) in [5, 5.41) is 0.818. The Hall–Kier alpha value is -0.730. The molecule has 16 heavy (non-hydrogen) atoms. The van der Waals surface area contributed by atoms with Crippen LogP contribution in [0.3, 0.4) is 0 Å². The van der Waals surface area contributed by atoms with Gasteiger partial charge in [0.15, 0.2) is 0 Å². The molecule has 1 aromatic rings. The number of nitrogens with zero attached hydrogens (tertiary/aromatic N) is 1. The molecule has 88 valence electrons. The number of anilines is 1. The van der Waals surface area contributed by atoms with E-state index >= 15 is 0 Å². The fourth-order valence-electron chi connectivity index (χ4n) is 2.12. The highest BCUT2D eigenvalue weighted by molar-refractivity contribution is 6.33. The van der Waals surface area contributed by atoms with Crippen molar-refractivity contribution in [2.45, 2.75) is 32.2 Å². The first-order valence-electron chi connectivity index (χ1n) is 5.82. The average Bonchev–Trinajstić information content (AvgIpc) is 2.69. The Morgan fingerprint density at radius 3 is 2.38 bits per heavy atom. The van der Waals surface area contributed by atoms with Gasteiger partial charge in [-0.3, -0.25) is 0 Å². The predicted octanol–water partition coefficient (Wildman–Crippen LogP) is 3.13. The molecule has 0 aliphatic carbocycles. The van der Waals surface area contributed by atoms with Crippen LogP contribution in [0.25, 0.3) is 0 Å². The molecule has 1 aromatic carbocycles. The number of halogens is 1. The maximum Gasteiger partial charge on any atom is 0.0643 e. The summed E-state index contributed by atoms with van der Waals surface area (Å²) in [6, 6.07) is 6.17. The highest BCUT2D eigenvalue weighted by atomic mass is 35.5. The van der Waals surface area contributed by atoms with Crippen molar-refractivity contribution in [1.29, 1.82) is 0 Å². The van der Waals surface area contributed by atoms with Gasteiger partial charge in [-0.2, -0.15) is 0 Å². The molecule has 2 N–H and O–H groups in total. The largest absolute Gasteiger partial charge is 0.370 e. The van der Waals surface area contributed by atoms with Crippen LogP contribution in [0.5, 0.6) is 0 Å². The second-order valence-corrected chi connectivity index (χ2v) is 5.49. The van der Waals surface area contributed by atoms with E-state index < -0.39 is 0 Å². The minimum atomic E-state index is -0.326. The second-order valence-electron chi connectivity index (χ2n) is 5.08. The number of hydrogen-bond acceptors (Lipinski definition) is 2. The molecule has 2 rings (SSSR count). The summed E-state index contributed by atoms with van der Waals surface area (Å²) in [6.07, 6.45) is 2.53. The van der Waals surface area contributed by atoms with Crippen molar-refractivity contribution >= 4 is 17.3 Å². The van der Waals surface area contributed by atoms with Crippen LogP contribution in [0.1, 0.15) is 32.3 Å². The van der Waals surface area contributed by atoms with Crippen LogP contribution in [-0.2, 0) is 5.54 Å². The second kappa shape index (κ2) is 4.27. The lowest BCUT2D eigenvalue weighted by Crippen LogP contribution is -2.28. The van der Waals surface area contributed by atoms with Gasteiger partial charge in [-0.1, -0.05) is 17.7 Å². The molecule has 0 spiro atoms. The zero-order valence-corrected chi connectivity index (χ0v) is 10.7. The van der Waals surface area contributed by atoms with Gasteiger partial charge < -0.3 is 10.6 Å². The molecular weight excluding hydrogens is 220 g/mol. The van der Waals surface area contributed by atoms with E-state index in [-0.39, 0.29) is 5.54 Å². The summed E-state index contributed by atoms with van der Waals surface area (Å²) in [4.78, 5) is 2.34. The number of benzene rings is 1. The van der Waals surface area contributed by atoms with Crippen molar-refractivity contribution in [3.8, 4) is 0 Å². The van der Waals surface area contributed by atoms with Crippen LogP contribution in [0.15, 0.2) is 18.2 Å². The van der Waals surface area contributed by atoms with Crippen molar-refractivity contribution < 1.29 is 0 Å². The highest BCUT2D eigenvalue weighted by Crippen LogP contribution is 2.31. The van der Waals surface area contributed by atoms with E-state index in [9.17, 15) is 0 Å². The van der Waals surface area contributed by atoms with Gasteiger partial charge in [-0.15, -0.1) is 0 Å². The Labute approximate surface area is 102 Å². The van der Waals surface area contributed by atoms with E-state index in [1.165, 1.54) is 12.8 Å². The summed E-state index contributed by atoms with van der Waals surface area (Å²) in [5.41, 5.74) is 7.96. The summed E-state index contributed by atoms with van der Waals surface area (Å²) >= 11 is 6.32. The normalized spacial score (nSPS) is 16.9. The van der Waals surface area contributed by atoms with Crippen molar-refractivity contribution in [2.75, 3.05) is 18.0 Å². The minimum Gasteiger partial charge on any atom is -0.370 e. The Morgan fingerprint density at radius 1 is 1.25 bits per heavy atom. The molecule has 0 amide bonds. The molecule has 0 unspecified atom stereocenters. The molecule has 0 radical (unpaired) electrons. The summed E-state index contributed by atoms with van der Waals surface area (Å²) in [7, 11) is 0. The molecule has 1 aliphatic rings. The van der Waals surface area contributed by atoms with Crippen LogP contribution in [-0.4, -0.2) is 13.1 Å². The van der Waals surface area contributed by atoms with Gasteiger partial charge in [0, 0.05) is 18.6 Å².